The van der Waals surface area contributed by atoms with Crippen molar-refractivity contribution in [3.05, 3.63) is 35.4 Å². The fourth-order valence-corrected chi connectivity index (χ4v) is 3.10. The Morgan fingerprint density at radius 1 is 1.33 bits per heavy atom. The number of hydrogen-bond donors (Lipinski definition) is 2. The Kier molecular flexibility index (Phi) is 6.48. The number of aliphatic hydroxyl groups excluding tert-OH is 1. The zero-order valence-electron chi connectivity index (χ0n) is 13.5. The van der Waals surface area contributed by atoms with Gasteiger partial charge >= 0.3 is 12.2 Å². The number of hydrogen-bond acceptors (Lipinski definition) is 2. The van der Waals surface area contributed by atoms with Crippen LogP contribution in [0, 0.1) is 0 Å². The minimum Gasteiger partial charge on any atom is -0.396 e. The van der Waals surface area contributed by atoms with Crippen LogP contribution >= 0.6 is 0 Å². The number of amides is 2. The Morgan fingerprint density at radius 2 is 2.08 bits per heavy atom. The zero-order chi connectivity index (χ0) is 17.6. The molecule has 0 aliphatic heterocycles. The molecule has 2 rings (SSSR count). The van der Waals surface area contributed by atoms with E-state index in [2.05, 4.69) is 5.32 Å². The Labute approximate surface area is 139 Å². The average molecular weight is 344 g/mol. The van der Waals surface area contributed by atoms with Crippen LogP contribution in [0.25, 0.3) is 0 Å². The number of alkyl halides is 3. The lowest BCUT2D eigenvalue weighted by atomic mass is 9.87. The minimum atomic E-state index is -4.29. The van der Waals surface area contributed by atoms with Gasteiger partial charge in [0.05, 0.1) is 12.5 Å². The molecule has 7 heteroatoms. The van der Waals surface area contributed by atoms with E-state index < -0.39 is 25.2 Å². The molecule has 1 atom stereocenters. The summed E-state index contributed by atoms with van der Waals surface area (Å²) in [5, 5.41) is 11.4. The van der Waals surface area contributed by atoms with E-state index in [1.807, 2.05) is 24.3 Å². The number of nitrogens with one attached hydrogen (secondary N) is 1. The lowest BCUT2D eigenvalue weighted by molar-refractivity contribution is -0.133. The van der Waals surface area contributed by atoms with Crippen molar-refractivity contribution < 1.29 is 23.1 Å². The second-order valence-electron chi connectivity index (χ2n) is 5.97. The van der Waals surface area contributed by atoms with Crippen LogP contribution in [0.3, 0.4) is 0 Å². The van der Waals surface area contributed by atoms with Crippen molar-refractivity contribution in [3.8, 4) is 0 Å². The van der Waals surface area contributed by atoms with Crippen LogP contribution in [0.15, 0.2) is 24.3 Å². The molecule has 0 bridgehead atoms. The van der Waals surface area contributed by atoms with E-state index in [0.29, 0.717) is 13.0 Å². The second-order valence-corrected chi connectivity index (χ2v) is 5.97. The molecule has 1 aromatic carbocycles. The molecular formula is C17H23F3N2O2. The standard InChI is InChI=1S/C17H23F3N2O2/c18-17(19,20)9-10-21-16(24)22(11-4-12-23)15-8-3-6-13-5-1-2-7-14(13)15/h1-2,5,7,15,23H,3-4,6,8-12H2,(H,21,24). The van der Waals surface area contributed by atoms with E-state index in [0.717, 1.165) is 24.8 Å². The van der Waals surface area contributed by atoms with Crippen LogP contribution in [0.5, 0.6) is 0 Å². The van der Waals surface area contributed by atoms with Crippen molar-refractivity contribution in [3.63, 3.8) is 0 Å². The van der Waals surface area contributed by atoms with Crippen LogP contribution in [-0.4, -0.2) is 41.9 Å². The van der Waals surface area contributed by atoms with Gasteiger partial charge in [-0.1, -0.05) is 24.3 Å². The first-order valence-electron chi connectivity index (χ1n) is 8.22. The van der Waals surface area contributed by atoms with Crippen molar-refractivity contribution in [2.45, 2.75) is 44.3 Å². The van der Waals surface area contributed by atoms with Gasteiger partial charge in [0.25, 0.3) is 0 Å². The molecule has 0 heterocycles. The van der Waals surface area contributed by atoms with Gasteiger partial charge in [-0.05, 0) is 36.8 Å². The Bertz CT molecular complexity index is 549. The molecule has 0 saturated heterocycles. The first-order valence-corrected chi connectivity index (χ1v) is 8.22. The van der Waals surface area contributed by atoms with Crippen molar-refractivity contribution in [1.29, 1.82) is 0 Å². The molecule has 0 aromatic heterocycles. The van der Waals surface area contributed by atoms with E-state index in [-0.39, 0.29) is 12.6 Å². The first-order chi connectivity index (χ1) is 11.4. The quantitative estimate of drug-likeness (QED) is 0.831. The van der Waals surface area contributed by atoms with Crippen LogP contribution < -0.4 is 5.32 Å². The summed E-state index contributed by atoms with van der Waals surface area (Å²) < 4.78 is 36.8. The number of carbonyl (C=O) groups is 1. The predicted octanol–water partition coefficient (Wildman–Crippen LogP) is 3.41. The lowest BCUT2D eigenvalue weighted by Gasteiger charge is -2.36. The number of nitrogens with zero attached hydrogens (tertiary/aromatic N) is 1. The number of fused-ring (bicyclic) bond motifs is 1. The number of aryl methyl sites for hydroxylation is 1. The Morgan fingerprint density at radius 3 is 2.79 bits per heavy atom. The van der Waals surface area contributed by atoms with E-state index in [9.17, 15) is 18.0 Å². The topological polar surface area (TPSA) is 52.6 Å². The van der Waals surface area contributed by atoms with Gasteiger partial charge in [0.15, 0.2) is 0 Å². The van der Waals surface area contributed by atoms with Crippen molar-refractivity contribution in [2.75, 3.05) is 19.7 Å². The fraction of sp³-hybridized carbons (Fsp3) is 0.588. The molecule has 1 unspecified atom stereocenters. The highest BCUT2D eigenvalue weighted by atomic mass is 19.4. The van der Waals surface area contributed by atoms with Crippen LogP contribution in [-0.2, 0) is 6.42 Å². The van der Waals surface area contributed by atoms with Gasteiger partial charge in [0, 0.05) is 19.7 Å². The van der Waals surface area contributed by atoms with Gasteiger partial charge < -0.3 is 15.3 Å². The normalized spacial score (nSPS) is 17.2. The summed E-state index contributed by atoms with van der Waals surface area (Å²) >= 11 is 0. The molecular weight excluding hydrogens is 321 g/mol. The molecule has 24 heavy (non-hydrogen) atoms. The molecule has 4 nitrogen and oxygen atoms in total. The van der Waals surface area contributed by atoms with Gasteiger partial charge in [-0.3, -0.25) is 0 Å². The fourth-order valence-electron chi connectivity index (χ4n) is 3.10. The third kappa shape index (κ3) is 5.12. The summed E-state index contributed by atoms with van der Waals surface area (Å²) in [4.78, 5) is 14.0. The third-order valence-electron chi connectivity index (χ3n) is 4.22. The Hall–Kier alpha value is -1.76. The highest BCUT2D eigenvalue weighted by molar-refractivity contribution is 5.75. The minimum absolute atomic E-state index is 0.0688. The molecule has 2 N–H and O–H groups in total. The highest BCUT2D eigenvalue weighted by Gasteiger charge is 2.30. The molecule has 2 amide bonds. The van der Waals surface area contributed by atoms with E-state index in [1.165, 1.54) is 5.56 Å². The van der Waals surface area contributed by atoms with Gasteiger partial charge in [0.1, 0.15) is 0 Å². The van der Waals surface area contributed by atoms with Gasteiger partial charge in [-0.2, -0.15) is 13.2 Å². The highest BCUT2D eigenvalue weighted by Crippen LogP contribution is 2.34. The zero-order valence-corrected chi connectivity index (χ0v) is 13.5. The number of benzene rings is 1. The van der Waals surface area contributed by atoms with E-state index in [1.54, 1.807) is 4.90 Å². The van der Waals surface area contributed by atoms with Gasteiger partial charge in [-0.15, -0.1) is 0 Å². The third-order valence-corrected chi connectivity index (χ3v) is 4.22. The van der Waals surface area contributed by atoms with Crippen molar-refractivity contribution >= 4 is 6.03 Å². The number of rotatable bonds is 6. The molecule has 0 fully saturated rings. The van der Waals surface area contributed by atoms with E-state index >= 15 is 0 Å². The smallest absolute Gasteiger partial charge is 0.390 e. The van der Waals surface area contributed by atoms with Gasteiger partial charge in [0.2, 0.25) is 0 Å². The summed E-state index contributed by atoms with van der Waals surface area (Å²) in [6, 6.07) is 7.18. The second kappa shape index (κ2) is 8.37. The molecule has 0 radical (unpaired) electrons. The van der Waals surface area contributed by atoms with Crippen molar-refractivity contribution in [1.82, 2.24) is 10.2 Å². The molecule has 1 aliphatic rings. The number of carbonyl (C=O) groups excluding carboxylic acids is 1. The summed E-state index contributed by atoms with van der Waals surface area (Å²) in [6.45, 7) is -0.194. The first kappa shape index (κ1) is 18.6. The van der Waals surface area contributed by atoms with Crippen molar-refractivity contribution in [2.24, 2.45) is 0 Å². The number of halogens is 3. The maximum Gasteiger partial charge on any atom is 0.390 e. The largest absolute Gasteiger partial charge is 0.396 e. The molecule has 0 saturated carbocycles. The SMILES string of the molecule is O=C(NCCC(F)(F)F)N(CCCO)C1CCCc2ccccc21. The van der Waals surface area contributed by atoms with Crippen LogP contribution in [0.2, 0.25) is 0 Å². The maximum atomic E-state index is 12.4. The molecule has 1 aliphatic carbocycles. The molecule has 134 valence electrons. The Balaban J connectivity index is 2.09. The van der Waals surface area contributed by atoms with Crippen LogP contribution in [0.1, 0.15) is 42.9 Å². The summed E-state index contributed by atoms with van der Waals surface area (Å²) in [7, 11) is 0. The maximum absolute atomic E-state index is 12.4. The molecule has 1 aromatic rings. The predicted molar refractivity (Wildman–Crippen MR) is 84.6 cm³/mol. The number of aliphatic hydroxyl groups is 1. The van der Waals surface area contributed by atoms with Crippen LogP contribution in [0.4, 0.5) is 18.0 Å². The molecule has 0 spiro atoms. The van der Waals surface area contributed by atoms with E-state index in [4.69, 9.17) is 5.11 Å². The average Bonchev–Trinajstić information content (AvgIpc) is 2.54. The van der Waals surface area contributed by atoms with Gasteiger partial charge in [-0.25, -0.2) is 4.79 Å². The lowest BCUT2D eigenvalue weighted by Crippen LogP contribution is -2.44. The summed E-state index contributed by atoms with van der Waals surface area (Å²) in [5.41, 5.74) is 2.22. The summed E-state index contributed by atoms with van der Waals surface area (Å²) in [5.74, 6) is 0. The monoisotopic (exact) mass is 344 g/mol. The summed E-state index contributed by atoms with van der Waals surface area (Å²) in [6.07, 6.45) is -2.31. The number of urea groups is 1.